The zero-order chi connectivity index (χ0) is 12.7. The number of nitrogens with one attached hydrogen (secondary N) is 3. The molecule has 0 radical (unpaired) electrons. The smallest absolute Gasteiger partial charge is 0.323 e. The zero-order valence-electron chi connectivity index (χ0n) is 9.65. The van der Waals surface area contributed by atoms with Crippen LogP contribution < -0.4 is 26.6 Å². The maximum atomic E-state index is 11.0. The summed E-state index contributed by atoms with van der Waals surface area (Å²) in [5, 5.41) is 5.18. The van der Waals surface area contributed by atoms with Crippen molar-refractivity contribution >= 4 is 17.8 Å². The van der Waals surface area contributed by atoms with Crippen LogP contribution in [0.3, 0.4) is 0 Å². The van der Waals surface area contributed by atoms with Crippen LogP contribution in [0.25, 0.3) is 0 Å². The van der Waals surface area contributed by atoms with Gasteiger partial charge in [0, 0.05) is 7.05 Å². The Morgan fingerprint density at radius 2 is 2.06 bits per heavy atom. The summed E-state index contributed by atoms with van der Waals surface area (Å²) in [4.78, 5) is 22.8. The fourth-order valence-electron chi connectivity index (χ4n) is 0.941. The number of nitrogen functional groups attached to an aromatic ring is 1. The van der Waals surface area contributed by atoms with Crippen molar-refractivity contribution in [3.63, 3.8) is 0 Å². The van der Waals surface area contributed by atoms with E-state index in [1.165, 1.54) is 7.05 Å². The average molecular weight is 241 g/mol. The van der Waals surface area contributed by atoms with Crippen LogP contribution in [-0.4, -0.2) is 41.1 Å². The second-order valence-corrected chi connectivity index (χ2v) is 2.87. The number of hydrazine groups is 1. The maximum Gasteiger partial charge on any atom is 0.323 e. The molecule has 0 aliphatic heterocycles. The number of carbonyl (C=O) groups is 1. The van der Waals surface area contributed by atoms with E-state index in [9.17, 15) is 4.79 Å². The largest absolute Gasteiger partial charge is 0.464 e. The topological polar surface area (TPSA) is 127 Å². The van der Waals surface area contributed by atoms with Crippen molar-refractivity contribution in [1.29, 1.82) is 0 Å². The molecule has 0 unspecified atom stereocenters. The molecule has 1 aromatic heterocycles. The number of rotatable bonds is 6. The molecule has 1 amide bonds. The first-order chi connectivity index (χ1) is 8.19. The normalized spacial score (nSPS) is 9.59. The lowest BCUT2D eigenvalue weighted by molar-refractivity contribution is -0.118. The van der Waals surface area contributed by atoms with Gasteiger partial charge in [0.25, 0.3) is 0 Å². The molecule has 0 saturated heterocycles. The number of anilines is 2. The molecule has 0 atom stereocenters. The number of carbonyl (C=O) groups excluding carboxylic acids is 1. The lowest BCUT2D eigenvalue weighted by atomic mass is 10.6. The minimum Gasteiger partial charge on any atom is -0.464 e. The van der Waals surface area contributed by atoms with Crippen molar-refractivity contribution in [2.45, 2.75) is 6.92 Å². The van der Waals surface area contributed by atoms with Crippen LogP contribution in [0.4, 0.5) is 11.9 Å². The second-order valence-electron chi connectivity index (χ2n) is 2.87. The molecule has 5 N–H and O–H groups in total. The molecule has 1 aromatic rings. The predicted molar refractivity (Wildman–Crippen MR) is 61.4 cm³/mol. The fourth-order valence-corrected chi connectivity index (χ4v) is 0.941. The van der Waals surface area contributed by atoms with E-state index in [-0.39, 0.29) is 30.4 Å². The van der Waals surface area contributed by atoms with E-state index in [2.05, 4.69) is 31.0 Å². The van der Waals surface area contributed by atoms with E-state index < -0.39 is 0 Å². The Morgan fingerprint density at radius 1 is 1.35 bits per heavy atom. The third-order valence-corrected chi connectivity index (χ3v) is 1.70. The molecule has 0 aliphatic carbocycles. The first kappa shape index (κ1) is 12.9. The number of nitrogens with zero attached hydrogens (tertiary/aromatic N) is 3. The second kappa shape index (κ2) is 6.43. The highest BCUT2D eigenvalue weighted by atomic mass is 16.5. The highest BCUT2D eigenvalue weighted by Gasteiger charge is 2.07. The van der Waals surface area contributed by atoms with E-state index in [0.717, 1.165) is 0 Å². The van der Waals surface area contributed by atoms with Gasteiger partial charge in [-0.1, -0.05) is 0 Å². The lowest BCUT2D eigenvalue weighted by Gasteiger charge is -2.07. The molecule has 94 valence electrons. The Kier molecular flexibility index (Phi) is 4.88. The van der Waals surface area contributed by atoms with Gasteiger partial charge in [-0.25, -0.2) is 5.84 Å². The quantitative estimate of drug-likeness (QED) is 0.358. The molecule has 0 bridgehead atoms. The zero-order valence-corrected chi connectivity index (χ0v) is 9.65. The van der Waals surface area contributed by atoms with E-state index in [4.69, 9.17) is 10.6 Å². The van der Waals surface area contributed by atoms with Gasteiger partial charge in [0.2, 0.25) is 17.8 Å². The predicted octanol–water partition coefficient (Wildman–Crippen LogP) is -1.29. The average Bonchev–Trinajstić information content (AvgIpc) is 2.36. The van der Waals surface area contributed by atoms with Crippen LogP contribution in [-0.2, 0) is 4.79 Å². The molecular formula is C8H15N7O2. The van der Waals surface area contributed by atoms with Crippen LogP contribution in [0.15, 0.2) is 0 Å². The molecule has 0 saturated carbocycles. The van der Waals surface area contributed by atoms with Gasteiger partial charge < -0.3 is 15.4 Å². The summed E-state index contributed by atoms with van der Waals surface area (Å²) < 4.78 is 5.12. The third-order valence-electron chi connectivity index (χ3n) is 1.70. The van der Waals surface area contributed by atoms with Crippen molar-refractivity contribution in [3.05, 3.63) is 0 Å². The Bertz CT molecular complexity index is 384. The lowest BCUT2D eigenvalue weighted by Crippen LogP contribution is -2.27. The summed E-state index contributed by atoms with van der Waals surface area (Å²) in [6, 6.07) is 0.134. The molecule has 0 aromatic carbocycles. The van der Waals surface area contributed by atoms with E-state index in [0.29, 0.717) is 6.61 Å². The van der Waals surface area contributed by atoms with Crippen molar-refractivity contribution in [2.24, 2.45) is 5.84 Å². The van der Waals surface area contributed by atoms with Gasteiger partial charge in [-0.2, -0.15) is 15.0 Å². The summed E-state index contributed by atoms with van der Waals surface area (Å²) in [6.45, 7) is 2.27. The van der Waals surface area contributed by atoms with E-state index in [1.807, 2.05) is 0 Å². The number of hydrogen-bond donors (Lipinski definition) is 4. The highest BCUT2D eigenvalue weighted by molar-refractivity contribution is 5.79. The Balaban J connectivity index is 2.75. The van der Waals surface area contributed by atoms with Gasteiger partial charge in [0.15, 0.2) is 0 Å². The summed E-state index contributed by atoms with van der Waals surface area (Å²) in [5.41, 5.74) is 2.29. The van der Waals surface area contributed by atoms with Gasteiger partial charge in [-0.15, -0.1) is 0 Å². The molecule has 9 heteroatoms. The summed E-state index contributed by atoms with van der Waals surface area (Å²) >= 11 is 0. The molecule has 1 rings (SSSR count). The number of aromatic nitrogens is 3. The molecule has 0 aliphatic rings. The number of ether oxygens (including phenoxy) is 1. The van der Waals surface area contributed by atoms with Crippen LogP contribution in [0, 0.1) is 0 Å². The van der Waals surface area contributed by atoms with Gasteiger partial charge in [-0.05, 0) is 6.92 Å². The molecule has 17 heavy (non-hydrogen) atoms. The van der Waals surface area contributed by atoms with Crippen LogP contribution in [0.5, 0.6) is 6.01 Å². The van der Waals surface area contributed by atoms with Gasteiger partial charge >= 0.3 is 6.01 Å². The van der Waals surface area contributed by atoms with Gasteiger partial charge in [-0.3, -0.25) is 10.2 Å². The summed E-state index contributed by atoms with van der Waals surface area (Å²) in [5.74, 6) is 5.38. The maximum absolute atomic E-state index is 11.0. The first-order valence-electron chi connectivity index (χ1n) is 4.99. The fraction of sp³-hybridized carbons (Fsp3) is 0.500. The minimum atomic E-state index is -0.189. The Hall–Kier alpha value is -2.16. The highest BCUT2D eigenvalue weighted by Crippen LogP contribution is 2.09. The Labute approximate surface area is 98.1 Å². The molecule has 1 heterocycles. The number of amides is 1. The molecular weight excluding hydrogens is 226 g/mol. The molecule has 0 fully saturated rings. The number of hydrogen-bond acceptors (Lipinski definition) is 8. The first-order valence-corrected chi connectivity index (χ1v) is 4.99. The summed E-state index contributed by atoms with van der Waals surface area (Å²) in [7, 11) is 1.54. The van der Waals surface area contributed by atoms with E-state index >= 15 is 0 Å². The van der Waals surface area contributed by atoms with Gasteiger partial charge in [0.1, 0.15) is 0 Å². The SMILES string of the molecule is CCOc1nc(NN)nc(NCC(=O)NC)n1. The van der Waals surface area contributed by atoms with Crippen LogP contribution in [0.1, 0.15) is 6.92 Å². The standard InChI is InChI=1S/C8H15N7O2/c1-3-17-8-13-6(11-4-5(16)10-2)12-7(14-8)15-9/h3-4,9H2,1-2H3,(H,10,16)(H2,11,12,13,14,15). The monoisotopic (exact) mass is 241 g/mol. The third kappa shape index (κ3) is 4.07. The molecule has 0 spiro atoms. The number of nitrogens with two attached hydrogens (primary N) is 1. The summed E-state index contributed by atoms with van der Waals surface area (Å²) in [6.07, 6.45) is 0. The minimum absolute atomic E-state index is 0.0517. The molecule has 9 nitrogen and oxygen atoms in total. The van der Waals surface area contributed by atoms with Crippen molar-refractivity contribution in [3.8, 4) is 6.01 Å². The van der Waals surface area contributed by atoms with Gasteiger partial charge in [0.05, 0.1) is 13.2 Å². The number of likely N-dealkylation sites (N-methyl/N-ethyl adjacent to an activating group) is 1. The van der Waals surface area contributed by atoms with Crippen LogP contribution >= 0.6 is 0 Å². The van der Waals surface area contributed by atoms with Crippen molar-refractivity contribution in [2.75, 3.05) is 30.9 Å². The van der Waals surface area contributed by atoms with Crippen LogP contribution in [0.2, 0.25) is 0 Å². The van der Waals surface area contributed by atoms with Crippen molar-refractivity contribution < 1.29 is 9.53 Å². The van der Waals surface area contributed by atoms with E-state index in [1.54, 1.807) is 6.92 Å². The van der Waals surface area contributed by atoms with Crippen molar-refractivity contribution in [1.82, 2.24) is 20.3 Å². The Morgan fingerprint density at radius 3 is 2.65 bits per heavy atom.